The second kappa shape index (κ2) is 50.4. The molecule has 0 radical (unpaired) electrons. The van der Waals surface area contributed by atoms with Gasteiger partial charge in [0.05, 0.1) is 101 Å². The number of benzene rings is 4. The van der Waals surface area contributed by atoms with E-state index in [4.69, 9.17) is 117 Å². The monoisotopic (exact) mass is 2080 g/mol. The molecule has 0 unspecified atom stereocenters. The summed E-state index contributed by atoms with van der Waals surface area (Å²) in [5, 5.41) is 51.8. The number of aliphatic hydroxyl groups excluding tert-OH is 2. The van der Waals surface area contributed by atoms with Gasteiger partial charge in [0.15, 0.2) is 5.69 Å². The summed E-state index contributed by atoms with van der Waals surface area (Å²) in [6.07, 6.45) is -0.586. The highest BCUT2D eigenvalue weighted by molar-refractivity contribution is 6.58. The Labute approximate surface area is 827 Å². The lowest BCUT2D eigenvalue weighted by atomic mass is 9.80. The normalized spacial score (nSPS) is 14.1. The van der Waals surface area contributed by atoms with Crippen molar-refractivity contribution in [3.8, 4) is 22.3 Å². The highest BCUT2D eigenvalue weighted by Gasteiger charge is 2.41. The summed E-state index contributed by atoms with van der Waals surface area (Å²) < 4.78 is 116. The van der Waals surface area contributed by atoms with Crippen LogP contribution in [0, 0.1) is 0 Å². The molecule has 3 aliphatic heterocycles. The first-order chi connectivity index (χ1) is 66.0. The number of pyridine rings is 6. The molecule has 14 N–H and O–H groups in total. The van der Waals surface area contributed by atoms with E-state index in [1.165, 1.54) is 48.7 Å². The van der Waals surface area contributed by atoms with Crippen molar-refractivity contribution in [1.82, 2.24) is 64.5 Å². The van der Waals surface area contributed by atoms with Crippen LogP contribution in [0.1, 0.15) is 205 Å². The predicted molar refractivity (Wildman–Crippen MR) is 500 cm³/mol. The minimum atomic E-state index is -4.62. The quantitative estimate of drug-likeness (QED) is 0.00825. The Balaban J connectivity index is 0.000000184. The number of ether oxygens (including phenoxy) is 1. The van der Waals surface area contributed by atoms with Gasteiger partial charge in [-0.3, -0.25) is 70.1 Å². The summed E-state index contributed by atoms with van der Waals surface area (Å²) in [7, 11) is -0.508. The fourth-order valence-corrected chi connectivity index (χ4v) is 14.9. The number of imide groups is 3. The van der Waals surface area contributed by atoms with E-state index in [1.807, 2.05) is 12.1 Å². The molecule has 140 heavy (non-hydrogen) atoms. The number of fused-ring (bicyclic) bond motifs is 3. The van der Waals surface area contributed by atoms with Gasteiger partial charge in [-0.15, -0.1) is 0 Å². The predicted octanol–water partition coefficient (Wildman–Crippen LogP) is 15.4. The lowest BCUT2D eigenvalue weighted by molar-refractivity contribution is -0.145. The molecule has 11 heterocycles. The van der Waals surface area contributed by atoms with Gasteiger partial charge in [0.1, 0.15) is 15.5 Å². The van der Waals surface area contributed by atoms with Gasteiger partial charge < -0.3 is 46.3 Å². The van der Waals surface area contributed by atoms with Crippen LogP contribution < -0.4 is 22.9 Å². The van der Waals surface area contributed by atoms with E-state index in [2.05, 4.69) is 66.3 Å². The Bertz CT molecular complexity index is 6250. The van der Waals surface area contributed by atoms with Crippen molar-refractivity contribution in [3.63, 3.8) is 0 Å². The van der Waals surface area contributed by atoms with Crippen LogP contribution in [0.25, 0.3) is 22.3 Å². The number of aromatic nitrogens is 10. The topological polar surface area (TPSA) is 498 Å². The molecule has 734 valence electrons. The summed E-state index contributed by atoms with van der Waals surface area (Å²) in [5.74, 6) is 4.50. The summed E-state index contributed by atoms with van der Waals surface area (Å²) in [6.45, 7) is 0.329. The zero-order valence-corrected chi connectivity index (χ0v) is 78.5. The largest absolute Gasteiger partial charge is 0.488 e. The maximum absolute atomic E-state index is 12.8. The number of halogens is 16. The zero-order valence-electron chi connectivity index (χ0n) is 73.2. The van der Waals surface area contributed by atoms with Crippen molar-refractivity contribution in [2.24, 2.45) is 17.4 Å². The molecular formula is C91H82B2Cl7F9N16O15. The third-order valence-corrected chi connectivity index (χ3v) is 21.9. The van der Waals surface area contributed by atoms with E-state index in [1.54, 1.807) is 109 Å². The molecule has 6 amide bonds. The van der Waals surface area contributed by atoms with Crippen LogP contribution in [0.4, 0.5) is 39.5 Å². The molecule has 4 aliphatic carbocycles. The first-order valence-corrected chi connectivity index (χ1v) is 44.1. The molecule has 0 saturated heterocycles. The van der Waals surface area contributed by atoms with E-state index in [-0.39, 0.29) is 95.1 Å². The number of rotatable bonds is 16. The van der Waals surface area contributed by atoms with Crippen LogP contribution in [0.5, 0.6) is 0 Å². The average Bonchev–Trinajstić information content (AvgIpc) is 1.63. The number of methoxy groups -OCH3 is 1. The van der Waals surface area contributed by atoms with Crippen molar-refractivity contribution in [2.75, 3.05) is 14.2 Å². The first-order valence-electron chi connectivity index (χ1n) is 41.4. The Kier molecular flexibility index (Phi) is 40.2. The van der Waals surface area contributed by atoms with Gasteiger partial charge in [0, 0.05) is 104 Å². The van der Waals surface area contributed by atoms with Crippen LogP contribution in [-0.2, 0) is 56.1 Å². The number of aliphatic hydroxyl groups is 2. The number of carbonyl (C=O) groups excluding carboxylic acids is 7. The van der Waals surface area contributed by atoms with Gasteiger partial charge in [-0.05, 0) is 170 Å². The zero-order chi connectivity index (χ0) is 102. The second-order valence-corrected chi connectivity index (χ2v) is 33.6. The molecule has 8 aromatic heterocycles. The number of alkyl halides is 9. The van der Waals surface area contributed by atoms with E-state index < -0.39 is 67.8 Å². The number of carbonyl (C=O) groups is 7. The molecule has 0 atom stereocenters. The summed E-state index contributed by atoms with van der Waals surface area (Å²) in [5.41, 5.74) is 15.1. The average molecular weight is 2080 g/mol. The van der Waals surface area contributed by atoms with Crippen molar-refractivity contribution in [2.45, 2.75) is 126 Å². The van der Waals surface area contributed by atoms with Crippen LogP contribution in [0.2, 0.25) is 41.4 Å². The molecule has 0 bridgehead atoms. The number of amides is 6. The number of hydrazine groups is 1. The van der Waals surface area contributed by atoms with Gasteiger partial charge in [-0.25, -0.2) is 39.7 Å². The second-order valence-electron chi connectivity index (χ2n) is 30.7. The molecule has 12 aromatic rings. The number of esters is 1. The van der Waals surface area contributed by atoms with Crippen LogP contribution >= 0.6 is 81.2 Å². The summed E-state index contributed by atoms with van der Waals surface area (Å²) in [6, 6.07) is 43.5. The molecule has 7 aliphatic rings. The van der Waals surface area contributed by atoms with Crippen molar-refractivity contribution in [1.29, 1.82) is 0 Å². The number of nitrogens with zero attached hydrogens (tertiary/aromatic N) is 13. The van der Waals surface area contributed by atoms with Gasteiger partial charge in [-0.1, -0.05) is 155 Å². The lowest BCUT2D eigenvalue weighted by Gasteiger charge is -2.15. The van der Waals surface area contributed by atoms with Gasteiger partial charge >= 0.3 is 38.7 Å². The molecular weight excluding hydrogens is 2000 g/mol. The third kappa shape index (κ3) is 31.2. The maximum Gasteiger partial charge on any atom is 0.488 e. The van der Waals surface area contributed by atoms with Crippen molar-refractivity contribution in [3.05, 3.63) is 332 Å². The molecule has 49 heteroatoms. The molecule has 4 fully saturated rings. The fourth-order valence-electron chi connectivity index (χ4n) is 13.1. The number of hydrogen-bond acceptors (Lipinski definition) is 27. The summed E-state index contributed by atoms with van der Waals surface area (Å²) >= 11 is 40.1. The van der Waals surface area contributed by atoms with Crippen LogP contribution in [-0.4, -0.2) is 170 Å². The smallest absolute Gasteiger partial charge is 0.464 e. The van der Waals surface area contributed by atoms with E-state index >= 15 is 0 Å². The first kappa shape index (κ1) is 112. The highest BCUT2D eigenvalue weighted by atomic mass is 35.5. The summed E-state index contributed by atoms with van der Waals surface area (Å²) in [4.78, 5) is 128. The molecule has 4 aromatic carbocycles. The molecule has 0 spiro atoms. The van der Waals surface area contributed by atoms with Crippen molar-refractivity contribution >= 4 is 142 Å². The Morgan fingerprint density at radius 1 is 0.407 bits per heavy atom. The van der Waals surface area contributed by atoms with E-state index in [9.17, 15) is 73.1 Å². The van der Waals surface area contributed by atoms with Gasteiger partial charge in [0.25, 0.3) is 35.4 Å². The minimum Gasteiger partial charge on any atom is -0.464 e. The third-order valence-electron chi connectivity index (χ3n) is 20.4. The Hall–Kier alpha value is -12.0. The standard InChI is InChI=1S/C22H15F3N4O2.C17H13ClN2O2.C14H8Cl2N2O2.C14H13F3N4.C7H6BF3O2.C7H5Cl2NO2.C6H5Cl2NO.C3H7BO2.CH4O.H4N2.H2O/c23-22(24,25)21-26-9-14(10-27-21)13-7-15(28-18(8-13)12-5-6-12)11-29-19(30)16-3-1-2-4-17(16)20(29)31;18-11-7-12(19-15(8-11)10-5-6-10)9-20-16(21)13-3-1-2-4-14(13)17(20)22;15-8-5-9(17-12(16)6-8)7-18-13(19)10-3-1-2-4-11(10)14(18)20;15-14(16,17)13-19-6-10(7-20-13)9-3-11(5-18)21-12(4-9)8-1-2-8;9-7(10,11)5-1-3-6(4-2-5)8(12)13;1-12-7(11)5-2-4(8)3-6(9)10-5;7-4-1-5(3-10)9-6(8)2-4;5-4(6)3-1-2-3;2*1-2;/h1-4,7-10,12H,5-6,11H2;1-4,7-8,10H,5-6,9H2;1-6H,7H2;3-4,6-8H,1-2,5,18H2;1-4,12-13H;2-3H,1H3;1-2,10H,3H2;3,5-6H,1-2H2;2H,1H3;1-2H2;1H2. The van der Waals surface area contributed by atoms with Crippen molar-refractivity contribution < 1.29 is 114 Å². The molecule has 4 saturated carbocycles. The van der Waals surface area contributed by atoms with Gasteiger partial charge in [-0.2, -0.15) is 39.5 Å². The van der Waals surface area contributed by atoms with Gasteiger partial charge in [0.2, 0.25) is 11.6 Å². The SMILES string of the molecule is CO.COC(=O)c1cc(Cl)cc(Cl)n1.NCc1cc(-c2cnc(C(F)(F)F)nc2)cc(C2CC2)n1.NN.O.O=C1c2ccccc2C(=O)N1Cc1cc(-c2cnc(C(F)(F)F)nc2)cc(C2CC2)n1.O=C1c2ccccc2C(=O)N1Cc1cc(Cl)cc(C2CC2)n1.O=C1c2ccccc2C(=O)N1Cc1cc(Cl)cc(Cl)n1.OB(O)C1CC1.OB(O)c1ccc(C(F)(F)F)cc1.OCc1cc(Cl)cc(Cl)n1. The number of nitrogens with two attached hydrogens (primary N) is 3. The fraction of sp³-hybridized carbons (Fsp3) is 0.242. The van der Waals surface area contributed by atoms with Crippen LogP contribution in [0.15, 0.2) is 195 Å². The van der Waals surface area contributed by atoms with E-state index in [0.717, 1.165) is 128 Å². The maximum atomic E-state index is 12.8. The lowest BCUT2D eigenvalue weighted by Crippen LogP contribution is -2.29. The highest BCUT2D eigenvalue weighted by Crippen LogP contribution is 2.44. The molecule has 19 rings (SSSR count). The molecule has 31 nitrogen and oxygen atoms in total. The number of hydrogen-bond donors (Lipinski definition) is 9. The Morgan fingerprint density at radius 3 is 1.01 bits per heavy atom. The van der Waals surface area contributed by atoms with Crippen LogP contribution in [0.3, 0.4) is 0 Å². The Morgan fingerprint density at radius 2 is 0.714 bits per heavy atom. The van der Waals surface area contributed by atoms with E-state index in [0.29, 0.717) is 116 Å². The minimum absolute atomic E-state index is 0.